The van der Waals surface area contributed by atoms with Crippen molar-refractivity contribution in [1.29, 1.82) is 0 Å². The molecule has 0 unspecified atom stereocenters. The lowest BCUT2D eigenvalue weighted by molar-refractivity contribution is -0.127. The van der Waals surface area contributed by atoms with E-state index in [4.69, 9.17) is 18.9 Å². The third-order valence-electron chi connectivity index (χ3n) is 5.83. The molecule has 4 aromatic rings. The Morgan fingerprint density at radius 2 is 1.52 bits per heavy atom. The third-order valence-corrected chi connectivity index (χ3v) is 5.83. The van der Waals surface area contributed by atoms with Crippen molar-refractivity contribution in [3.8, 4) is 34.1 Å². The molecule has 40 heavy (non-hydrogen) atoms. The minimum absolute atomic E-state index is 0.268. The number of methoxy groups -OCH3 is 1. The van der Waals surface area contributed by atoms with Gasteiger partial charge in [-0.3, -0.25) is 4.79 Å². The predicted octanol–water partition coefficient (Wildman–Crippen LogP) is 5.90. The quantitative estimate of drug-likeness (QED) is 0.111. The molecule has 0 radical (unpaired) electrons. The molecule has 1 amide bonds. The molecular formula is C32H30N2O6. The molecule has 204 valence electrons. The summed E-state index contributed by atoms with van der Waals surface area (Å²) < 4.78 is 22.1. The molecule has 4 rings (SSSR count). The summed E-state index contributed by atoms with van der Waals surface area (Å²) in [5.74, 6) is 0.923. The van der Waals surface area contributed by atoms with Crippen LogP contribution in [-0.4, -0.2) is 37.9 Å². The lowest BCUT2D eigenvalue weighted by Crippen LogP contribution is -2.33. The fraction of sp³-hybridized carbons (Fsp3) is 0.156. The van der Waals surface area contributed by atoms with Crippen molar-refractivity contribution in [1.82, 2.24) is 5.43 Å². The molecular weight excluding hydrogens is 508 g/mol. The molecule has 8 nitrogen and oxygen atoms in total. The minimum atomic E-state index is -0.765. The highest BCUT2D eigenvalue weighted by molar-refractivity contribution is 5.92. The number of carbonyl (C=O) groups is 2. The first-order valence-electron chi connectivity index (χ1n) is 12.7. The lowest BCUT2D eigenvalue weighted by atomic mass is 10.1. The maximum absolute atomic E-state index is 12.6. The van der Waals surface area contributed by atoms with E-state index in [1.54, 1.807) is 56.5 Å². The van der Waals surface area contributed by atoms with Crippen LogP contribution in [0.5, 0.6) is 23.0 Å². The summed E-state index contributed by atoms with van der Waals surface area (Å²) in [6, 6.07) is 29.1. The molecule has 0 aromatic heterocycles. The number of benzene rings is 4. The van der Waals surface area contributed by atoms with Gasteiger partial charge in [-0.1, -0.05) is 42.5 Å². The first-order chi connectivity index (χ1) is 19.5. The Hall–Kier alpha value is -5.11. The van der Waals surface area contributed by atoms with Crippen LogP contribution in [0.4, 0.5) is 0 Å². The Morgan fingerprint density at radius 3 is 2.20 bits per heavy atom. The van der Waals surface area contributed by atoms with E-state index in [-0.39, 0.29) is 5.75 Å². The maximum Gasteiger partial charge on any atom is 0.343 e. The maximum atomic E-state index is 12.6. The minimum Gasteiger partial charge on any atom is -0.497 e. The van der Waals surface area contributed by atoms with E-state index >= 15 is 0 Å². The fourth-order valence-corrected chi connectivity index (χ4v) is 3.72. The van der Waals surface area contributed by atoms with Gasteiger partial charge in [0, 0.05) is 0 Å². The van der Waals surface area contributed by atoms with Crippen LogP contribution in [0.15, 0.2) is 102 Å². The number of hydrogen-bond donors (Lipinski definition) is 1. The Bertz CT molecular complexity index is 1450. The van der Waals surface area contributed by atoms with Crippen LogP contribution in [0.3, 0.4) is 0 Å². The molecule has 0 spiro atoms. The molecule has 0 saturated heterocycles. The summed E-state index contributed by atoms with van der Waals surface area (Å²) in [6.07, 6.45) is 0.704. The summed E-state index contributed by atoms with van der Waals surface area (Å²) in [5.41, 5.74) is 5.66. The van der Waals surface area contributed by atoms with Gasteiger partial charge < -0.3 is 18.9 Å². The summed E-state index contributed by atoms with van der Waals surface area (Å²) in [4.78, 5) is 25.1. The molecule has 0 aliphatic carbocycles. The highest BCUT2D eigenvalue weighted by atomic mass is 16.6. The van der Waals surface area contributed by atoms with E-state index in [9.17, 15) is 9.59 Å². The zero-order valence-electron chi connectivity index (χ0n) is 22.5. The van der Waals surface area contributed by atoms with Crippen molar-refractivity contribution in [2.45, 2.75) is 20.0 Å². The number of carbonyl (C=O) groups excluding carboxylic acids is 2. The number of amides is 1. The Kier molecular flexibility index (Phi) is 9.50. The second kappa shape index (κ2) is 13.6. The van der Waals surface area contributed by atoms with E-state index in [0.29, 0.717) is 35.0 Å². The number of nitrogens with zero attached hydrogens (tertiary/aromatic N) is 1. The van der Waals surface area contributed by atoms with Gasteiger partial charge in [-0.05, 0) is 85.1 Å². The highest BCUT2D eigenvalue weighted by Crippen LogP contribution is 2.29. The van der Waals surface area contributed by atoms with Gasteiger partial charge in [0.2, 0.25) is 0 Å². The number of esters is 1. The SMILES string of the molecule is CCOc1cc(/C=N\NC(=O)[C@@H](C)Oc2ccc(-c3ccccc3)cc2)ccc1OC(=O)c1ccc(OC)cc1. The van der Waals surface area contributed by atoms with Crippen LogP contribution in [0, 0.1) is 0 Å². The van der Waals surface area contributed by atoms with Gasteiger partial charge >= 0.3 is 5.97 Å². The van der Waals surface area contributed by atoms with Crippen LogP contribution >= 0.6 is 0 Å². The summed E-state index contributed by atoms with van der Waals surface area (Å²) in [5, 5.41) is 4.03. The normalized spacial score (nSPS) is 11.5. The molecule has 1 atom stereocenters. The largest absolute Gasteiger partial charge is 0.497 e. The monoisotopic (exact) mass is 538 g/mol. The predicted molar refractivity (Wildman–Crippen MR) is 153 cm³/mol. The molecule has 0 saturated carbocycles. The second-order valence-electron chi connectivity index (χ2n) is 8.64. The van der Waals surface area contributed by atoms with E-state index < -0.39 is 18.0 Å². The van der Waals surface area contributed by atoms with Crippen LogP contribution in [0.25, 0.3) is 11.1 Å². The lowest BCUT2D eigenvalue weighted by Gasteiger charge is -2.13. The second-order valence-corrected chi connectivity index (χ2v) is 8.64. The molecule has 0 heterocycles. The van der Waals surface area contributed by atoms with E-state index in [0.717, 1.165) is 11.1 Å². The van der Waals surface area contributed by atoms with Gasteiger partial charge in [-0.15, -0.1) is 0 Å². The van der Waals surface area contributed by atoms with Gasteiger partial charge in [-0.25, -0.2) is 10.2 Å². The van der Waals surface area contributed by atoms with Crippen molar-refractivity contribution in [3.05, 3.63) is 108 Å². The molecule has 8 heteroatoms. The van der Waals surface area contributed by atoms with E-state index in [1.807, 2.05) is 61.5 Å². The van der Waals surface area contributed by atoms with Gasteiger partial charge in [-0.2, -0.15) is 5.10 Å². The van der Waals surface area contributed by atoms with Crippen molar-refractivity contribution >= 4 is 18.1 Å². The summed E-state index contributed by atoms with van der Waals surface area (Å²) >= 11 is 0. The Morgan fingerprint density at radius 1 is 0.850 bits per heavy atom. The average Bonchev–Trinajstić information content (AvgIpc) is 2.99. The van der Waals surface area contributed by atoms with Crippen LogP contribution in [0.2, 0.25) is 0 Å². The number of nitrogens with one attached hydrogen (secondary N) is 1. The summed E-state index contributed by atoms with van der Waals surface area (Å²) in [6.45, 7) is 3.84. The number of ether oxygens (including phenoxy) is 4. The third kappa shape index (κ3) is 7.48. The molecule has 1 N–H and O–H groups in total. The van der Waals surface area contributed by atoms with Crippen molar-refractivity contribution in [3.63, 3.8) is 0 Å². The van der Waals surface area contributed by atoms with E-state index in [2.05, 4.69) is 10.5 Å². The van der Waals surface area contributed by atoms with E-state index in [1.165, 1.54) is 6.21 Å². The number of hydrazone groups is 1. The molecule has 0 aliphatic rings. The van der Waals surface area contributed by atoms with Crippen molar-refractivity contribution < 1.29 is 28.5 Å². The first kappa shape index (κ1) is 27.9. The topological polar surface area (TPSA) is 95.5 Å². The Balaban J connectivity index is 1.33. The zero-order chi connectivity index (χ0) is 28.3. The fourth-order valence-electron chi connectivity index (χ4n) is 3.72. The van der Waals surface area contributed by atoms with Crippen molar-refractivity contribution in [2.24, 2.45) is 5.10 Å². The highest BCUT2D eigenvalue weighted by Gasteiger charge is 2.15. The van der Waals surface area contributed by atoms with Gasteiger partial charge in [0.1, 0.15) is 11.5 Å². The van der Waals surface area contributed by atoms with Crippen molar-refractivity contribution in [2.75, 3.05) is 13.7 Å². The zero-order valence-corrected chi connectivity index (χ0v) is 22.5. The number of hydrogen-bond acceptors (Lipinski definition) is 7. The molecule has 0 fully saturated rings. The van der Waals surface area contributed by atoms with Crippen LogP contribution in [-0.2, 0) is 4.79 Å². The van der Waals surface area contributed by atoms with Gasteiger partial charge in [0.05, 0.1) is 25.5 Å². The smallest absolute Gasteiger partial charge is 0.343 e. The van der Waals surface area contributed by atoms with Crippen LogP contribution < -0.4 is 24.4 Å². The molecule has 0 aliphatic heterocycles. The molecule has 4 aromatic carbocycles. The molecule has 0 bridgehead atoms. The number of rotatable bonds is 11. The summed E-state index contributed by atoms with van der Waals surface area (Å²) in [7, 11) is 1.55. The van der Waals surface area contributed by atoms with Gasteiger partial charge in [0.25, 0.3) is 5.91 Å². The first-order valence-corrected chi connectivity index (χ1v) is 12.7. The van der Waals surface area contributed by atoms with Crippen LogP contribution in [0.1, 0.15) is 29.8 Å². The van der Waals surface area contributed by atoms with Gasteiger partial charge in [0.15, 0.2) is 17.6 Å². The average molecular weight is 539 g/mol. The Labute approximate surface area is 233 Å². The standard InChI is InChI=1S/C32H30N2O6/c1-4-38-30-20-23(10-19-29(30)40-32(36)26-13-15-27(37-3)16-14-26)21-33-34-31(35)22(2)39-28-17-11-25(12-18-28)24-8-6-5-7-9-24/h5-22H,4H2,1-3H3,(H,34,35)/b33-21-/t22-/m1/s1.